The number of carboxylic acid groups (broad SMARTS) is 1. The standard InChI is InChI=1S/C25H31FN2O8S/c1-15(25(2,3)4)35-24(31)27-16-6-10-21-20(12-16)28(14-17(36-21)7-11-23(29)30)37(32,33)18-8-9-19(26)22(13-18)34-5/h6,8-10,12-13,15,17H,7,11,14H2,1-5H3,(H,27,31)(H,29,30). The van der Waals surface area contributed by atoms with Crippen LogP contribution in [0.25, 0.3) is 0 Å². The van der Waals surface area contributed by atoms with Crippen molar-refractivity contribution in [2.45, 2.75) is 57.6 Å². The maximum absolute atomic E-state index is 14.0. The van der Waals surface area contributed by atoms with Crippen molar-refractivity contribution in [3.63, 3.8) is 0 Å². The van der Waals surface area contributed by atoms with Crippen molar-refractivity contribution >= 4 is 33.5 Å². The second-order valence-corrected chi connectivity index (χ2v) is 11.6. The molecule has 1 heterocycles. The molecule has 1 aliphatic rings. The molecule has 12 heteroatoms. The topological polar surface area (TPSA) is 131 Å². The molecule has 0 spiro atoms. The van der Waals surface area contributed by atoms with E-state index >= 15 is 0 Å². The van der Waals surface area contributed by atoms with Gasteiger partial charge in [-0.2, -0.15) is 0 Å². The number of hydrogen-bond acceptors (Lipinski definition) is 7. The first kappa shape index (κ1) is 28.0. The summed E-state index contributed by atoms with van der Waals surface area (Å²) in [7, 11) is -3.04. The number of nitrogens with zero attached hydrogens (tertiary/aromatic N) is 1. The summed E-state index contributed by atoms with van der Waals surface area (Å²) in [6, 6.07) is 7.59. The highest BCUT2D eigenvalue weighted by molar-refractivity contribution is 7.92. The highest BCUT2D eigenvalue weighted by Crippen LogP contribution is 2.40. The smallest absolute Gasteiger partial charge is 0.411 e. The number of anilines is 2. The lowest BCUT2D eigenvalue weighted by Gasteiger charge is -2.35. The zero-order valence-corrected chi connectivity index (χ0v) is 22.1. The van der Waals surface area contributed by atoms with E-state index in [2.05, 4.69) is 5.32 Å². The normalized spacial score (nSPS) is 16.3. The van der Waals surface area contributed by atoms with E-state index in [0.717, 1.165) is 22.5 Å². The third-order valence-corrected chi connectivity index (χ3v) is 7.81. The van der Waals surface area contributed by atoms with Crippen molar-refractivity contribution < 1.29 is 41.7 Å². The van der Waals surface area contributed by atoms with Crippen LogP contribution in [0.5, 0.6) is 11.5 Å². The Labute approximate surface area is 215 Å². The lowest BCUT2D eigenvalue weighted by atomic mass is 9.90. The van der Waals surface area contributed by atoms with Gasteiger partial charge in [0.1, 0.15) is 18.0 Å². The van der Waals surface area contributed by atoms with Gasteiger partial charge in [-0.3, -0.25) is 14.4 Å². The van der Waals surface area contributed by atoms with Gasteiger partial charge in [-0.1, -0.05) is 20.8 Å². The largest absolute Gasteiger partial charge is 0.494 e. The van der Waals surface area contributed by atoms with E-state index in [1.807, 2.05) is 20.8 Å². The van der Waals surface area contributed by atoms with E-state index in [1.165, 1.54) is 25.3 Å². The lowest BCUT2D eigenvalue weighted by Crippen LogP contribution is -2.43. The summed E-state index contributed by atoms with van der Waals surface area (Å²) in [6.45, 7) is 7.35. The minimum absolute atomic E-state index is 0.0601. The third kappa shape index (κ3) is 6.62. The van der Waals surface area contributed by atoms with Gasteiger partial charge >= 0.3 is 12.1 Å². The van der Waals surface area contributed by atoms with Crippen LogP contribution in [0.3, 0.4) is 0 Å². The number of halogens is 1. The van der Waals surface area contributed by atoms with Crippen molar-refractivity contribution in [2.24, 2.45) is 5.41 Å². The Balaban J connectivity index is 1.98. The van der Waals surface area contributed by atoms with Gasteiger partial charge in [0.05, 0.1) is 24.2 Å². The van der Waals surface area contributed by atoms with Crippen molar-refractivity contribution in [1.82, 2.24) is 0 Å². The molecule has 2 N–H and O–H groups in total. The first-order chi connectivity index (χ1) is 17.2. The molecule has 0 fully saturated rings. The van der Waals surface area contributed by atoms with Crippen LogP contribution in [0.2, 0.25) is 0 Å². The first-order valence-electron chi connectivity index (χ1n) is 11.6. The third-order valence-electron chi connectivity index (χ3n) is 6.03. The molecule has 37 heavy (non-hydrogen) atoms. The Hall–Kier alpha value is -3.54. The van der Waals surface area contributed by atoms with Crippen molar-refractivity contribution in [3.8, 4) is 11.5 Å². The van der Waals surface area contributed by atoms with Gasteiger partial charge in [-0.15, -0.1) is 0 Å². The summed E-state index contributed by atoms with van der Waals surface area (Å²) in [5.74, 6) is -1.84. The Morgan fingerprint density at radius 3 is 2.57 bits per heavy atom. The number of rotatable bonds is 8. The Bertz CT molecular complexity index is 1280. The molecule has 0 radical (unpaired) electrons. The number of aliphatic carboxylic acids is 1. The van der Waals surface area contributed by atoms with Gasteiger partial charge in [0.2, 0.25) is 0 Å². The first-order valence-corrected chi connectivity index (χ1v) is 13.0. The fourth-order valence-corrected chi connectivity index (χ4v) is 4.98. The van der Waals surface area contributed by atoms with E-state index in [1.54, 1.807) is 6.92 Å². The molecule has 0 saturated carbocycles. The fourth-order valence-electron chi connectivity index (χ4n) is 3.46. The fraction of sp³-hybridized carbons (Fsp3) is 0.440. The van der Waals surface area contributed by atoms with Crippen LogP contribution in [0, 0.1) is 11.2 Å². The minimum Gasteiger partial charge on any atom is -0.494 e. The Morgan fingerprint density at radius 2 is 1.95 bits per heavy atom. The summed E-state index contributed by atoms with van der Waals surface area (Å²) >= 11 is 0. The molecule has 2 atom stereocenters. The van der Waals surface area contributed by atoms with Gasteiger partial charge in [-0.05, 0) is 49.1 Å². The number of methoxy groups -OCH3 is 1. The van der Waals surface area contributed by atoms with Crippen LogP contribution in [-0.4, -0.2) is 51.4 Å². The van der Waals surface area contributed by atoms with E-state index < -0.39 is 40.1 Å². The Morgan fingerprint density at radius 1 is 1.24 bits per heavy atom. The average Bonchev–Trinajstić information content (AvgIpc) is 2.81. The van der Waals surface area contributed by atoms with E-state index in [0.29, 0.717) is 0 Å². The molecule has 2 aromatic carbocycles. The molecule has 1 aliphatic heterocycles. The predicted octanol–water partition coefficient (Wildman–Crippen LogP) is 4.64. The lowest BCUT2D eigenvalue weighted by molar-refractivity contribution is -0.137. The number of fused-ring (bicyclic) bond motifs is 1. The minimum atomic E-state index is -4.26. The summed E-state index contributed by atoms with van der Waals surface area (Å²) in [5.41, 5.74) is 0.0958. The molecule has 1 amide bonds. The molecular formula is C25H31FN2O8S. The average molecular weight is 539 g/mol. The van der Waals surface area contributed by atoms with Gasteiger partial charge in [0, 0.05) is 18.2 Å². The second kappa shape index (κ2) is 10.8. The van der Waals surface area contributed by atoms with E-state index in [9.17, 15) is 22.4 Å². The zero-order chi connectivity index (χ0) is 27.5. The summed E-state index contributed by atoms with van der Waals surface area (Å²) < 4.78 is 58.6. The number of nitrogens with one attached hydrogen (secondary N) is 1. The van der Waals surface area contributed by atoms with Crippen LogP contribution < -0.4 is 19.1 Å². The number of carboxylic acids is 1. The molecule has 0 aliphatic carbocycles. The van der Waals surface area contributed by atoms with Crippen molar-refractivity contribution in [2.75, 3.05) is 23.3 Å². The van der Waals surface area contributed by atoms with Gasteiger partial charge in [0.25, 0.3) is 10.0 Å². The molecule has 3 rings (SSSR count). The van der Waals surface area contributed by atoms with Crippen LogP contribution in [0.4, 0.5) is 20.6 Å². The van der Waals surface area contributed by atoms with Crippen molar-refractivity contribution in [3.05, 3.63) is 42.2 Å². The summed E-state index contributed by atoms with van der Waals surface area (Å²) in [4.78, 5) is 23.3. The number of sulfonamides is 1. The number of carbonyl (C=O) groups is 2. The summed E-state index contributed by atoms with van der Waals surface area (Å²) in [6.07, 6.45) is -2.03. The van der Waals surface area contributed by atoms with Crippen LogP contribution in [0.1, 0.15) is 40.5 Å². The quantitative estimate of drug-likeness (QED) is 0.497. The highest BCUT2D eigenvalue weighted by Gasteiger charge is 2.35. The number of amides is 1. The van der Waals surface area contributed by atoms with E-state index in [-0.39, 0.29) is 52.6 Å². The SMILES string of the molecule is COc1cc(S(=O)(=O)N2CC(CCC(=O)O)Oc3ccc(NC(=O)OC(C)C(C)(C)C)cc32)ccc1F. The maximum atomic E-state index is 14.0. The maximum Gasteiger partial charge on any atom is 0.411 e. The summed E-state index contributed by atoms with van der Waals surface area (Å²) in [5, 5.41) is 11.7. The highest BCUT2D eigenvalue weighted by atomic mass is 32.2. The van der Waals surface area contributed by atoms with Crippen molar-refractivity contribution in [1.29, 1.82) is 0 Å². The van der Waals surface area contributed by atoms with Crippen LogP contribution >= 0.6 is 0 Å². The second-order valence-electron chi connectivity index (χ2n) is 9.73. The zero-order valence-electron chi connectivity index (χ0n) is 21.3. The molecular weight excluding hydrogens is 507 g/mol. The molecule has 202 valence electrons. The monoisotopic (exact) mass is 538 g/mol. The van der Waals surface area contributed by atoms with E-state index in [4.69, 9.17) is 19.3 Å². The molecule has 0 bridgehead atoms. The number of hydrogen-bond donors (Lipinski definition) is 2. The van der Waals surface area contributed by atoms with Crippen LogP contribution in [0.15, 0.2) is 41.3 Å². The van der Waals surface area contributed by atoms with Gasteiger partial charge in [0.15, 0.2) is 11.6 Å². The molecule has 2 unspecified atom stereocenters. The van der Waals surface area contributed by atoms with Crippen LogP contribution in [-0.2, 0) is 19.6 Å². The number of benzene rings is 2. The Kier molecular flexibility index (Phi) is 8.21. The molecule has 10 nitrogen and oxygen atoms in total. The molecule has 0 saturated heterocycles. The number of carbonyl (C=O) groups excluding carboxylic acids is 1. The van der Waals surface area contributed by atoms with Gasteiger partial charge < -0.3 is 19.3 Å². The predicted molar refractivity (Wildman–Crippen MR) is 134 cm³/mol. The number of ether oxygens (including phenoxy) is 3. The molecule has 2 aromatic rings. The van der Waals surface area contributed by atoms with Gasteiger partial charge in [-0.25, -0.2) is 17.6 Å². The molecule has 0 aromatic heterocycles.